The predicted octanol–water partition coefficient (Wildman–Crippen LogP) is 6.77. The van der Waals surface area contributed by atoms with E-state index < -0.39 is 0 Å². The summed E-state index contributed by atoms with van der Waals surface area (Å²) in [6.07, 6.45) is -0.317. The predicted molar refractivity (Wildman–Crippen MR) is 132 cm³/mol. The molecule has 1 aliphatic heterocycles. The van der Waals surface area contributed by atoms with Gasteiger partial charge < -0.3 is 14.5 Å². The maximum atomic E-state index is 13.2. The summed E-state index contributed by atoms with van der Waals surface area (Å²) in [5.41, 5.74) is 4.13. The van der Waals surface area contributed by atoms with E-state index in [0.717, 1.165) is 47.3 Å². The quantitative estimate of drug-likeness (QED) is 0.451. The van der Waals surface area contributed by atoms with E-state index >= 15 is 0 Å². The summed E-state index contributed by atoms with van der Waals surface area (Å²) in [5.74, 6) is 0.289. The number of anilines is 4. The van der Waals surface area contributed by atoms with Gasteiger partial charge in [-0.2, -0.15) is 0 Å². The van der Waals surface area contributed by atoms with E-state index in [-0.39, 0.29) is 12.0 Å². The molecule has 5 nitrogen and oxygen atoms in total. The normalized spacial score (nSPS) is 12.4. The lowest BCUT2D eigenvalue weighted by Crippen LogP contribution is -2.31. The SMILES string of the molecule is CCN(CC)c1ccc2c(c1)Sc1cc(N(CC)CC)ccc1N2C(=O)OCC(C)C. The molecule has 2 aromatic rings. The first-order valence-corrected chi connectivity index (χ1v) is 12.2. The van der Waals surface area contributed by atoms with Crippen molar-refractivity contribution in [3.8, 4) is 0 Å². The number of amides is 1. The van der Waals surface area contributed by atoms with Crippen LogP contribution < -0.4 is 14.7 Å². The number of benzene rings is 2. The van der Waals surface area contributed by atoms with E-state index in [0.29, 0.717) is 6.61 Å². The molecule has 2 aromatic carbocycles. The Labute approximate surface area is 191 Å². The van der Waals surface area contributed by atoms with Crippen molar-refractivity contribution in [2.75, 3.05) is 47.5 Å². The molecule has 6 heteroatoms. The molecule has 0 atom stereocenters. The highest BCUT2D eigenvalue weighted by atomic mass is 32.2. The second-order valence-corrected chi connectivity index (χ2v) is 9.14. The first kappa shape index (κ1) is 23.3. The molecule has 0 saturated heterocycles. The fraction of sp³-hybridized carbons (Fsp3) is 0.480. The van der Waals surface area contributed by atoms with Gasteiger partial charge in [-0.3, -0.25) is 0 Å². The molecule has 0 N–H and O–H groups in total. The average Bonchev–Trinajstić information content (AvgIpc) is 2.77. The number of fused-ring (bicyclic) bond motifs is 2. The summed E-state index contributed by atoms with van der Waals surface area (Å²) < 4.78 is 5.65. The minimum atomic E-state index is -0.317. The van der Waals surface area contributed by atoms with E-state index in [9.17, 15) is 4.79 Å². The monoisotopic (exact) mass is 441 g/mol. The summed E-state index contributed by atoms with van der Waals surface area (Å²) in [4.78, 5) is 21.7. The topological polar surface area (TPSA) is 36.0 Å². The number of hydrogen-bond donors (Lipinski definition) is 0. The second kappa shape index (κ2) is 10.3. The zero-order valence-corrected chi connectivity index (χ0v) is 20.5. The molecule has 0 aliphatic carbocycles. The number of ether oxygens (including phenoxy) is 1. The van der Waals surface area contributed by atoms with Gasteiger partial charge in [0, 0.05) is 47.3 Å². The van der Waals surface area contributed by atoms with Crippen LogP contribution in [0.2, 0.25) is 0 Å². The number of nitrogens with zero attached hydrogens (tertiary/aromatic N) is 3. The fourth-order valence-corrected chi connectivity index (χ4v) is 4.98. The third-order valence-corrected chi connectivity index (χ3v) is 6.66. The van der Waals surface area contributed by atoms with Crippen molar-refractivity contribution < 1.29 is 9.53 Å². The number of rotatable bonds is 8. The van der Waals surface area contributed by atoms with Crippen molar-refractivity contribution in [1.29, 1.82) is 0 Å². The van der Waals surface area contributed by atoms with Gasteiger partial charge in [-0.1, -0.05) is 25.6 Å². The molecule has 3 rings (SSSR count). The van der Waals surface area contributed by atoms with Crippen molar-refractivity contribution in [2.24, 2.45) is 5.92 Å². The van der Waals surface area contributed by atoms with Gasteiger partial charge in [0.1, 0.15) is 0 Å². The molecule has 168 valence electrons. The van der Waals surface area contributed by atoms with Crippen LogP contribution in [0.4, 0.5) is 27.5 Å². The molecule has 31 heavy (non-hydrogen) atoms. The van der Waals surface area contributed by atoms with Crippen molar-refractivity contribution in [1.82, 2.24) is 0 Å². The van der Waals surface area contributed by atoms with Crippen LogP contribution in [-0.4, -0.2) is 38.9 Å². The van der Waals surface area contributed by atoms with E-state index in [1.54, 1.807) is 16.7 Å². The Morgan fingerprint density at radius 3 is 1.71 bits per heavy atom. The van der Waals surface area contributed by atoms with Crippen LogP contribution in [0.1, 0.15) is 41.5 Å². The average molecular weight is 442 g/mol. The number of hydrogen-bond acceptors (Lipinski definition) is 5. The molecule has 0 fully saturated rings. The minimum Gasteiger partial charge on any atom is -0.449 e. The van der Waals surface area contributed by atoms with Gasteiger partial charge in [-0.25, -0.2) is 9.69 Å². The highest BCUT2D eigenvalue weighted by Gasteiger charge is 2.30. The largest absolute Gasteiger partial charge is 0.449 e. The Morgan fingerprint density at radius 1 is 0.871 bits per heavy atom. The highest BCUT2D eigenvalue weighted by Crippen LogP contribution is 2.50. The molecule has 0 spiro atoms. The third kappa shape index (κ3) is 4.95. The molecule has 0 bridgehead atoms. The van der Waals surface area contributed by atoms with E-state index in [1.165, 1.54) is 11.4 Å². The molecular weight excluding hydrogens is 406 g/mol. The molecule has 0 radical (unpaired) electrons. The first-order valence-electron chi connectivity index (χ1n) is 11.4. The smallest absolute Gasteiger partial charge is 0.419 e. The maximum absolute atomic E-state index is 13.2. The van der Waals surface area contributed by atoms with Gasteiger partial charge in [0.2, 0.25) is 0 Å². The Bertz CT molecular complexity index is 846. The summed E-state index contributed by atoms with van der Waals surface area (Å²) in [7, 11) is 0. The Morgan fingerprint density at radius 2 is 1.32 bits per heavy atom. The van der Waals surface area contributed by atoms with Crippen LogP contribution in [0.15, 0.2) is 46.2 Å². The van der Waals surface area contributed by atoms with Gasteiger partial charge in [-0.05, 0) is 70.0 Å². The minimum absolute atomic E-state index is 0.289. The molecular formula is C25H35N3O2S. The van der Waals surface area contributed by atoms with Crippen LogP contribution >= 0.6 is 11.8 Å². The molecule has 0 aromatic heterocycles. The van der Waals surface area contributed by atoms with Crippen molar-refractivity contribution in [2.45, 2.75) is 51.3 Å². The van der Waals surface area contributed by atoms with E-state index in [2.05, 4.69) is 61.8 Å². The van der Waals surface area contributed by atoms with E-state index in [1.807, 2.05) is 26.0 Å². The highest BCUT2D eigenvalue weighted by molar-refractivity contribution is 7.99. The van der Waals surface area contributed by atoms with Crippen LogP contribution in [0, 0.1) is 5.92 Å². The molecule has 1 aliphatic rings. The van der Waals surface area contributed by atoms with Crippen molar-refractivity contribution >= 4 is 40.6 Å². The van der Waals surface area contributed by atoms with Crippen molar-refractivity contribution in [3.63, 3.8) is 0 Å². The lowest BCUT2D eigenvalue weighted by Gasteiger charge is -2.33. The molecule has 0 unspecified atom stereocenters. The second-order valence-electron chi connectivity index (χ2n) is 8.06. The summed E-state index contributed by atoms with van der Waals surface area (Å²) in [6, 6.07) is 12.7. The van der Waals surface area contributed by atoms with Crippen LogP contribution in [-0.2, 0) is 4.74 Å². The van der Waals surface area contributed by atoms with E-state index in [4.69, 9.17) is 4.74 Å². The summed E-state index contributed by atoms with van der Waals surface area (Å²) in [5, 5.41) is 0. The third-order valence-electron chi connectivity index (χ3n) is 5.57. The fourth-order valence-electron chi connectivity index (χ4n) is 3.86. The van der Waals surface area contributed by atoms with Crippen molar-refractivity contribution in [3.05, 3.63) is 36.4 Å². The van der Waals surface area contributed by atoms with Crippen LogP contribution in [0.25, 0.3) is 0 Å². The van der Waals surface area contributed by atoms with Crippen LogP contribution in [0.5, 0.6) is 0 Å². The van der Waals surface area contributed by atoms with Gasteiger partial charge in [0.15, 0.2) is 0 Å². The zero-order chi connectivity index (χ0) is 22.5. The lowest BCUT2D eigenvalue weighted by atomic mass is 10.2. The van der Waals surface area contributed by atoms with Gasteiger partial charge in [0.25, 0.3) is 0 Å². The molecule has 1 amide bonds. The Kier molecular flexibility index (Phi) is 7.76. The summed E-state index contributed by atoms with van der Waals surface area (Å²) >= 11 is 1.73. The molecule has 1 heterocycles. The summed E-state index contributed by atoms with van der Waals surface area (Å²) in [6.45, 7) is 16.9. The van der Waals surface area contributed by atoms with Gasteiger partial charge in [0.05, 0.1) is 18.0 Å². The number of carbonyl (C=O) groups is 1. The van der Waals surface area contributed by atoms with Crippen LogP contribution in [0.3, 0.4) is 0 Å². The number of carbonyl (C=O) groups excluding carboxylic acids is 1. The lowest BCUT2D eigenvalue weighted by molar-refractivity contribution is 0.142. The van der Waals surface area contributed by atoms with Gasteiger partial charge in [-0.15, -0.1) is 0 Å². The maximum Gasteiger partial charge on any atom is 0.419 e. The first-order chi connectivity index (χ1) is 14.9. The Balaban J connectivity index is 2.07. The zero-order valence-electron chi connectivity index (χ0n) is 19.6. The molecule has 0 saturated carbocycles. The Hall–Kier alpha value is -2.34. The standard InChI is InChI=1S/C25H35N3O2S/c1-7-26(8-2)19-11-13-21-23(15-19)31-24-16-20(27(9-3)10-4)12-14-22(24)28(21)25(29)30-17-18(5)6/h11-16,18H,7-10,17H2,1-6H3. The van der Waals surface area contributed by atoms with Gasteiger partial charge >= 0.3 is 6.09 Å².